The van der Waals surface area contributed by atoms with E-state index < -0.39 is 11.9 Å². The molecule has 6 heteroatoms. The molecule has 2 aromatic rings. The summed E-state index contributed by atoms with van der Waals surface area (Å²) in [4.78, 5) is 0.709. The molecule has 0 aliphatic carbocycles. The summed E-state index contributed by atoms with van der Waals surface area (Å²) in [6.07, 6.45) is 1.07. The number of aryl methyl sites for hydroxylation is 1. The summed E-state index contributed by atoms with van der Waals surface area (Å²) in [7, 11) is 0. The quantitative estimate of drug-likeness (QED) is 0.918. The van der Waals surface area contributed by atoms with Crippen molar-refractivity contribution in [3.63, 3.8) is 0 Å². The Morgan fingerprint density at radius 1 is 1.47 bits per heavy atom. The molecule has 0 fully saturated rings. The average Bonchev–Trinajstić information content (AvgIpc) is 2.84. The van der Waals surface area contributed by atoms with Crippen LogP contribution in [0.15, 0.2) is 18.2 Å². The Kier molecular flexibility index (Phi) is 4.85. The van der Waals surface area contributed by atoms with Crippen molar-refractivity contribution in [3.05, 3.63) is 45.2 Å². The number of halogens is 2. The van der Waals surface area contributed by atoms with Crippen LogP contribution in [0.4, 0.5) is 4.39 Å². The third-order valence-corrected chi connectivity index (χ3v) is 3.98. The number of benzene rings is 1. The normalized spacial score (nSPS) is 12.6. The lowest BCUT2D eigenvalue weighted by Gasteiger charge is -2.11. The van der Waals surface area contributed by atoms with Crippen LogP contribution in [0.2, 0.25) is 5.02 Å². The van der Waals surface area contributed by atoms with Crippen LogP contribution in [0.1, 0.15) is 35.6 Å². The molecule has 1 atom stereocenters. The highest BCUT2D eigenvalue weighted by Crippen LogP contribution is 2.27. The highest BCUT2D eigenvalue weighted by Gasteiger charge is 2.19. The van der Waals surface area contributed by atoms with Gasteiger partial charge in [0.25, 0.3) is 0 Å². The molecule has 1 aromatic carbocycles. The van der Waals surface area contributed by atoms with E-state index in [1.165, 1.54) is 6.07 Å². The Balaban J connectivity index is 2.18. The zero-order valence-electron chi connectivity index (χ0n) is 10.4. The first-order valence-corrected chi connectivity index (χ1v) is 7.20. The number of aromatic nitrogens is 2. The van der Waals surface area contributed by atoms with Crippen LogP contribution in [0.25, 0.3) is 0 Å². The topological polar surface area (TPSA) is 46.0 Å². The summed E-state index contributed by atoms with van der Waals surface area (Å²) < 4.78 is 17.6. The maximum Gasteiger partial charge on any atom is 0.145 e. The first-order chi connectivity index (χ1) is 9.13. The fraction of sp³-hybridized carbons (Fsp3) is 0.385. The predicted molar refractivity (Wildman–Crippen MR) is 74.0 cm³/mol. The van der Waals surface area contributed by atoms with Gasteiger partial charge in [0.1, 0.15) is 5.82 Å². The van der Waals surface area contributed by atoms with E-state index in [0.29, 0.717) is 10.4 Å². The molecule has 102 valence electrons. The molecule has 1 N–H and O–H groups in total. The summed E-state index contributed by atoms with van der Waals surface area (Å²) >= 11 is 6.88. The van der Waals surface area contributed by atoms with Gasteiger partial charge in [0.15, 0.2) is 0 Å². The molecule has 0 spiro atoms. The maximum atomic E-state index is 13.8. The highest BCUT2D eigenvalue weighted by atomic mass is 35.5. The molecule has 0 bridgehead atoms. The standard InChI is InChI=1S/C13H14ClFN2OS/c1-2-4-10-13(19-17-16-10)11(18)7-8-5-3-6-9(14)12(8)15/h3,5-6,11,18H,2,4,7H2,1H3. The van der Waals surface area contributed by atoms with Gasteiger partial charge in [-0.25, -0.2) is 4.39 Å². The van der Waals surface area contributed by atoms with Gasteiger partial charge < -0.3 is 5.11 Å². The summed E-state index contributed by atoms with van der Waals surface area (Å²) in [5.74, 6) is -0.474. The van der Waals surface area contributed by atoms with Gasteiger partial charge in [-0.2, -0.15) is 0 Å². The van der Waals surface area contributed by atoms with E-state index in [2.05, 4.69) is 9.59 Å². The summed E-state index contributed by atoms with van der Waals surface area (Å²) in [5.41, 5.74) is 1.19. The first kappa shape index (κ1) is 14.4. The molecule has 0 saturated heterocycles. The lowest BCUT2D eigenvalue weighted by molar-refractivity contribution is 0.179. The molecule has 0 saturated carbocycles. The van der Waals surface area contributed by atoms with Crippen molar-refractivity contribution in [1.82, 2.24) is 9.59 Å². The predicted octanol–water partition coefficient (Wildman–Crippen LogP) is 3.56. The van der Waals surface area contributed by atoms with Gasteiger partial charge in [-0.3, -0.25) is 0 Å². The van der Waals surface area contributed by atoms with Crippen LogP contribution < -0.4 is 0 Å². The van der Waals surface area contributed by atoms with Crippen molar-refractivity contribution in [1.29, 1.82) is 0 Å². The van der Waals surface area contributed by atoms with Crippen molar-refractivity contribution < 1.29 is 9.50 Å². The van der Waals surface area contributed by atoms with Gasteiger partial charge in [0.2, 0.25) is 0 Å². The van der Waals surface area contributed by atoms with E-state index in [1.807, 2.05) is 6.92 Å². The Morgan fingerprint density at radius 2 is 2.26 bits per heavy atom. The van der Waals surface area contributed by atoms with Gasteiger partial charge in [-0.15, -0.1) is 5.10 Å². The van der Waals surface area contributed by atoms with Gasteiger partial charge in [0.05, 0.1) is 21.7 Å². The van der Waals surface area contributed by atoms with Crippen molar-refractivity contribution in [3.8, 4) is 0 Å². The van der Waals surface area contributed by atoms with Gasteiger partial charge in [-0.05, 0) is 29.6 Å². The van der Waals surface area contributed by atoms with Crippen molar-refractivity contribution in [2.24, 2.45) is 0 Å². The SMILES string of the molecule is CCCc1nnsc1C(O)Cc1cccc(Cl)c1F. The Hall–Kier alpha value is -1.04. The van der Waals surface area contributed by atoms with Crippen LogP contribution >= 0.6 is 23.1 Å². The minimum atomic E-state index is -0.797. The average molecular weight is 301 g/mol. The molecule has 1 unspecified atom stereocenters. The van der Waals surface area contributed by atoms with Crippen LogP contribution in [0.5, 0.6) is 0 Å². The second-order valence-corrected chi connectivity index (χ2v) is 5.46. The number of aliphatic hydroxyl groups is 1. The zero-order chi connectivity index (χ0) is 13.8. The highest BCUT2D eigenvalue weighted by molar-refractivity contribution is 7.05. The Morgan fingerprint density at radius 3 is 3.00 bits per heavy atom. The molecule has 19 heavy (non-hydrogen) atoms. The number of hydrogen-bond donors (Lipinski definition) is 1. The van der Waals surface area contributed by atoms with Crippen LogP contribution in [0.3, 0.4) is 0 Å². The lowest BCUT2D eigenvalue weighted by atomic mass is 10.0. The second kappa shape index (κ2) is 6.41. The molecule has 0 radical (unpaired) electrons. The summed E-state index contributed by atoms with van der Waals surface area (Å²) in [6.45, 7) is 2.03. The molecule has 3 nitrogen and oxygen atoms in total. The number of hydrogen-bond acceptors (Lipinski definition) is 4. The maximum absolute atomic E-state index is 13.8. The first-order valence-electron chi connectivity index (χ1n) is 6.05. The van der Waals surface area contributed by atoms with E-state index in [9.17, 15) is 9.50 Å². The molecular weight excluding hydrogens is 287 g/mol. The van der Waals surface area contributed by atoms with Crippen LogP contribution in [-0.2, 0) is 12.8 Å². The number of rotatable bonds is 5. The minimum Gasteiger partial charge on any atom is -0.387 e. The van der Waals surface area contributed by atoms with E-state index >= 15 is 0 Å². The molecule has 0 aliphatic rings. The van der Waals surface area contributed by atoms with E-state index in [0.717, 1.165) is 30.1 Å². The van der Waals surface area contributed by atoms with Crippen molar-refractivity contribution in [2.45, 2.75) is 32.3 Å². The third-order valence-electron chi connectivity index (χ3n) is 2.82. The molecule has 1 aromatic heterocycles. The van der Waals surface area contributed by atoms with Crippen LogP contribution in [0, 0.1) is 5.82 Å². The zero-order valence-corrected chi connectivity index (χ0v) is 12.0. The molecular formula is C13H14ClFN2OS. The molecule has 0 aliphatic heterocycles. The smallest absolute Gasteiger partial charge is 0.145 e. The van der Waals surface area contributed by atoms with Crippen molar-refractivity contribution in [2.75, 3.05) is 0 Å². The molecule has 2 rings (SSSR count). The summed E-state index contributed by atoms with van der Waals surface area (Å²) in [6, 6.07) is 4.78. The second-order valence-electron chi connectivity index (χ2n) is 4.27. The number of aliphatic hydroxyl groups excluding tert-OH is 1. The third kappa shape index (κ3) is 3.29. The number of nitrogens with zero attached hydrogens (tertiary/aromatic N) is 2. The van der Waals surface area contributed by atoms with E-state index in [4.69, 9.17) is 11.6 Å². The largest absolute Gasteiger partial charge is 0.387 e. The molecule has 1 heterocycles. The Bertz CT molecular complexity index is 561. The Labute approximate surface area is 120 Å². The fourth-order valence-corrected chi connectivity index (χ4v) is 2.76. The molecule has 0 amide bonds. The minimum absolute atomic E-state index is 0.0703. The van der Waals surface area contributed by atoms with Crippen molar-refractivity contribution >= 4 is 23.1 Å². The summed E-state index contributed by atoms with van der Waals surface area (Å²) in [5, 5.41) is 14.3. The van der Waals surface area contributed by atoms with Gasteiger partial charge in [-0.1, -0.05) is 41.6 Å². The lowest BCUT2D eigenvalue weighted by Crippen LogP contribution is -2.05. The monoisotopic (exact) mass is 300 g/mol. The van der Waals surface area contributed by atoms with Gasteiger partial charge in [0, 0.05) is 6.42 Å². The van der Waals surface area contributed by atoms with Gasteiger partial charge >= 0.3 is 0 Å². The van der Waals surface area contributed by atoms with E-state index in [1.54, 1.807) is 12.1 Å². The fourth-order valence-electron chi connectivity index (χ4n) is 1.89. The van der Waals surface area contributed by atoms with Crippen LogP contribution in [-0.4, -0.2) is 14.7 Å². The van der Waals surface area contributed by atoms with E-state index in [-0.39, 0.29) is 11.4 Å².